The zero-order chi connectivity index (χ0) is 26.2. The number of aliphatic hydroxyl groups is 8. The smallest absolute Gasteiger partial charge is 0.177 e. The van der Waals surface area contributed by atoms with E-state index in [1.807, 2.05) is 0 Å². The van der Waals surface area contributed by atoms with Gasteiger partial charge in [0.2, 0.25) is 0 Å². The standard InChI is InChI=1S/C18H35N3O13S/c19-6-9(25)12(4(1-22)30-15(6)29)32-16-7(20)10(26)13(5(2-23)31-16)33-17-8(21)11(27)14(28)18(35,3-24)34-17/h4-17,22-29,35H,1-3,19-21H2/t4-,5-,6-,7-,8-,9-,10-,11-,12?,13?,14+,15-,16+,17+,18-/m1/s1. The molecule has 3 saturated heterocycles. The summed E-state index contributed by atoms with van der Waals surface area (Å²) in [6.45, 7) is -2.20. The zero-order valence-corrected chi connectivity index (χ0v) is 19.4. The highest BCUT2D eigenvalue weighted by atomic mass is 32.1. The van der Waals surface area contributed by atoms with Crippen LogP contribution in [0, 0.1) is 0 Å². The SMILES string of the molecule is N[C@H]1[C@@H](OC2[C@@H](CO)O[C@@H](OC3[C@@H](CO)O[C@@H](O)[C@H](N)[C@H]3O)[C@H](N)[C@H]2O)O[C@@](S)(CO)[C@@H](O)[C@@H]1O. The van der Waals surface area contributed by atoms with Crippen LogP contribution < -0.4 is 17.2 Å². The van der Waals surface area contributed by atoms with Crippen LogP contribution in [0.3, 0.4) is 0 Å². The van der Waals surface area contributed by atoms with Crippen LogP contribution in [0.5, 0.6) is 0 Å². The second-order valence-corrected chi connectivity index (χ2v) is 9.57. The Hall–Kier alpha value is -0.290. The number of thiol groups is 1. The van der Waals surface area contributed by atoms with Crippen molar-refractivity contribution in [2.45, 2.75) is 90.8 Å². The van der Waals surface area contributed by atoms with Crippen LogP contribution in [0.2, 0.25) is 0 Å². The molecule has 0 aliphatic carbocycles. The lowest BCUT2D eigenvalue weighted by Crippen LogP contribution is -2.70. The number of hydrogen-bond donors (Lipinski definition) is 12. The molecule has 3 aliphatic rings. The van der Waals surface area contributed by atoms with Gasteiger partial charge in [-0.05, 0) is 0 Å². The lowest BCUT2D eigenvalue weighted by Gasteiger charge is -2.50. The van der Waals surface area contributed by atoms with Gasteiger partial charge in [0.15, 0.2) is 23.8 Å². The third kappa shape index (κ3) is 5.61. The van der Waals surface area contributed by atoms with Gasteiger partial charge in [-0.3, -0.25) is 0 Å². The number of rotatable bonds is 7. The topological polar surface area (TPSA) is 286 Å². The van der Waals surface area contributed by atoms with Crippen LogP contribution in [0.15, 0.2) is 0 Å². The van der Waals surface area contributed by atoms with Crippen LogP contribution in [0.1, 0.15) is 0 Å². The minimum absolute atomic E-state index is 0.660. The second kappa shape index (κ2) is 11.6. The molecule has 35 heavy (non-hydrogen) atoms. The van der Waals surface area contributed by atoms with E-state index >= 15 is 0 Å². The molecule has 3 aliphatic heterocycles. The van der Waals surface area contributed by atoms with Crippen molar-refractivity contribution in [1.29, 1.82) is 0 Å². The fourth-order valence-electron chi connectivity index (χ4n) is 4.19. The molecule has 3 heterocycles. The van der Waals surface area contributed by atoms with E-state index in [9.17, 15) is 40.9 Å². The summed E-state index contributed by atoms with van der Waals surface area (Å²) < 4.78 is 27.5. The first-order valence-electron chi connectivity index (χ1n) is 10.9. The number of nitrogens with two attached hydrogens (primary N) is 3. The van der Waals surface area contributed by atoms with Crippen LogP contribution in [-0.4, -0.2) is 151 Å². The van der Waals surface area contributed by atoms with Crippen molar-refractivity contribution in [2.75, 3.05) is 19.8 Å². The molecule has 0 saturated carbocycles. The third-order valence-corrected chi connectivity index (χ3v) is 6.96. The van der Waals surface area contributed by atoms with Gasteiger partial charge in [0.1, 0.15) is 48.8 Å². The highest BCUT2D eigenvalue weighted by molar-refractivity contribution is 7.81. The maximum atomic E-state index is 10.8. The van der Waals surface area contributed by atoms with Gasteiger partial charge >= 0.3 is 0 Å². The van der Waals surface area contributed by atoms with Crippen molar-refractivity contribution >= 4 is 12.6 Å². The van der Waals surface area contributed by atoms with E-state index in [0.717, 1.165) is 0 Å². The van der Waals surface area contributed by atoms with Gasteiger partial charge in [0, 0.05) is 0 Å². The Morgan fingerprint density at radius 1 is 0.714 bits per heavy atom. The van der Waals surface area contributed by atoms with Gasteiger partial charge in [0.05, 0.1) is 37.9 Å². The monoisotopic (exact) mass is 533 g/mol. The average molecular weight is 534 g/mol. The van der Waals surface area contributed by atoms with Gasteiger partial charge in [-0.1, -0.05) is 0 Å². The van der Waals surface area contributed by atoms with Crippen LogP contribution in [0.25, 0.3) is 0 Å². The minimum Gasteiger partial charge on any atom is -0.394 e. The van der Waals surface area contributed by atoms with Crippen LogP contribution in [-0.2, 0) is 23.7 Å². The first-order chi connectivity index (χ1) is 16.4. The maximum Gasteiger partial charge on any atom is 0.177 e. The average Bonchev–Trinajstić information content (AvgIpc) is 2.85. The quantitative estimate of drug-likeness (QED) is 0.135. The zero-order valence-electron chi connectivity index (χ0n) is 18.5. The van der Waals surface area contributed by atoms with Crippen LogP contribution >= 0.6 is 12.6 Å². The number of aliphatic hydroxyl groups excluding tert-OH is 8. The molecule has 0 aromatic rings. The van der Waals surface area contributed by atoms with E-state index in [1.54, 1.807) is 0 Å². The summed E-state index contributed by atoms with van der Waals surface area (Å²) in [6.07, 6.45) is -16.2. The predicted octanol–water partition coefficient (Wildman–Crippen LogP) is -7.42. The molecular formula is C18H35N3O13S. The Morgan fingerprint density at radius 2 is 1.20 bits per heavy atom. The molecule has 14 N–H and O–H groups in total. The molecule has 0 radical (unpaired) electrons. The van der Waals surface area contributed by atoms with Gasteiger partial charge in [0.25, 0.3) is 0 Å². The summed E-state index contributed by atoms with van der Waals surface area (Å²) in [5.74, 6) is 0. The minimum atomic E-state index is -1.94. The highest BCUT2D eigenvalue weighted by Gasteiger charge is 2.55. The molecule has 16 nitrogen and oxygen atoms in total. The van der Waals surface area contributed by atoms with Gasteiger partial charge in [-0.15, -0.1) is 12.6 Å². The summed E-state index contributed by atoms with van der Waals surface area (Å²) in [6, 6.07) is -3.98. The predicted molar refractivity (Wildman–Crippen MR) is 115 cm³/mol. The summed E-state index contributed by atoms with van der Waals surface area (Å²) in [4.78, 5) is -1.94. The second-order valence-electron chi connectivity index (χ2n) is 8.81. The molecule has 0 amide bonds. The van der Waals surface area contributed by atoms with Crippen molar-refractivity contribution < 1.29 is 64.5 Å². The molecule has 15 atom stereocenters. The fourth-order valence-corrected chi connectivity index (χ4v) is 4.45. The van der Waals surface area contributed by atoms with E-state index < -0.39 is 111 Å². The Labute approximate surface area is 205 Å². The third-order valence-electron chi connectivity index (χ3n) is 6.44. The Kier molecular flexibility index (Phi) is 9.72. The molecule has 0 bridgehead atoms. The number of ether oxygens (including phenoxy) is 5. The highest BCUT2D eigenvalue weighted by Crippen LogP contribution is 2.35. The van der Waals surface area contributed by atoms with Crippen molar-refractivity contribution in [3.63, 3.8) is 0 Å². The Morgan fingerprint density at radius 3 is 1.74 bits per heavy atom. The summed E-state index contributed by atoms with van der Waals surface area (Å²) in [7, 11) is 0. The lowest BCUT2D eigenvalue weighted by atomic mass is 9.94. The van der Waals surface area contributed by atoms with Crippen LogP contribution in [0.4, 0.5) is 0 Å². The Bertz CT molecular complexity index is 698. The largest absolute Gasteiger partial charge is 0.394 e. The first-order valence-corrected chi connectivity index (χ1v) is 11.4. The lowest BCUT2D eigenvalue weighted by molar-refractivity contribution is -0.350. The van der Waals surface area contributed by atoms with Crippen molar-refractivity contribution in [2.24, 2.45) is 17.2 Å². The van der Waals surface area contributed by atoms with E-state index in [0.29, 0.717) is 0 Å². The molecule has 0 aromatic heterocycles. The number of hydrogen-bond acceptors (Lipinski definition) is 17. The van der Waals surface area contributed by atoms with Crippen molar-refractivity contribution in [1.82, 2.24) is 0 Å². The summed E-state index contributed by atoms with van der Waals surface area (Å²) >= 11 is 4.05. The molecule has 0 aromatic carbocycles. The van der Waals surface area contributed by atoms with Crippen molar-refractivity contribution in [3.05, 3.63) is 0 Å². The fraction of sp³-hybridized carbons (Fsp3) is 1.00. The molecule has 0 spiro atoms. The maximum absolute atomic E-state index is 10.8. The van der Waals surface area contributed by atoms with Crippen molar-refractivity contribution in [3.8, 4) is 0 Å². The Balaban J connectivity index is 1.74. The molecular weight excluding hydrogens is 498 g/mol. The van der Waals surface area contributed by atoms with E-state index in [4.69, 9.17) is 40.9 Å². The normalized spacial score (nSPS) is 53.5. The molecule has 2 unspecified atom stereocenters. The molecule has 3 fully saturated rings. The van der Waals surface area contributed by atoms with E-state index in [-0.39, 0.29) is 0 Å². The van der Waals surface area contributed by atoms with E-state index in [2.05, 4.69) is 12.6 Å². The molecule has 3 rings (SSSR count). The van der Waals surface area contributed by atoms with Gasteiger partial charge < -0.3 is 81.7 Å². The first kappa shape index (κ1) is 29.3. The van der Waals surface area contributed by atoms with E-state index in [1.165, 1.54) is 0 Å². The molecule has 17 heteroatoms. The van der Waals surface area contributed by atoms with Gasteiger partial charge in [-0.25, -0.2) is 0 Å². The van der Waals surface area contributed by atoms with Gasteiger partial charge in [-0.2, -0.15) is 0 Å². The summed E-state index contributed by atoms with van der Waals surface area (Å²) in [5.41, 5.74) is 17.6. The summed E-state index contributed by atoms with van der Waals surface area (Å²) in [5, 5.41) is 80.3. The molecule has 206 valence electrons.